The summed E-state index contributed by atoms with van der Waals surface area (Å²) in [6.07, 6.45) is 3.10. The van der Waals surface area contributed by atoms with Crippen LogP contribution in [-0.4, -0.2) is 29.9 Å². The molecule has 2 fully saturated rings. The molecule has 2 aliphatic rings. The fourth-order valence-electron chi connectivity index (χ4n) is 3.63. The van der Waals surface area contributed by atoms with E-state index in [9.17, 15) is 9.18 Å². The molecule has 0 spiro atoms. The summed E-state index contributed by atoms with van der Waals surface area (Å²) >= 11 is 0. The smallest absolute Gasteiger partial charge is 0.225 e. The summed E-state index contributed by atoms with van der Waals surface area (Å²) in [5.74, 6) is 1.64. The van der Waals surface area contributed by atoms with Crippen LogP contribution in [0, 0.1) is 17.7 Å². The van der Waals surface area contributed by atoms with Crippen molar-refractivity contribution >= 4 is 16.9 Å². The van der Waals surface area contributed by atoms with Crippen molar-refractivity contribution in [3.05, 3.63) is 35.8 Å². The molecule has 4 nitrogen and oxygen atoms in total. The van der Waals surface area contributed by atoms with Crippen molar-refractivity contribution in [3.8, 4) is 0 Å². The van der Waals surface area contributed by atoms with Gasteiger partial charge in [0.1, 0.15) is 17.2 Å². The topological polar surface area (TPSA) is 45.5 Å². The Balaban J connectivity index is 1.34. The Morgan fingerprint density at radius 3 is 2.92 bits per heavy atom. The van der Waals surface area contributed by atoms with Crippen LogP contribution in [0.15, 0.2) is 28.7 Å². The quantitative estimate of drug-likeness (QED) is 0.935. The highest BCUT2D eigenvalue weighted by Gasteiger charge is 2.36. The van der Waals surface area contributed by atoms with Crippen LogP contribution < -0.4 is 5.32 Å². The normalized spacial score (nSPS) is 24.5. The molecule has 0 bridgehead atoms. The lowest BCUT2D eigenvalue weighted by atomic mass is 9.93. The summed E-state index contributed by atoms with van der Waals surface area (Å²) in [6, 6.07) is 6.84. The van der Waals surface area contributed by atoms with Crippen molar-refractivity contribution in [2.75, 3.05) is 13.1 Å². The molecule has 24 heavy (non-hydrogen) atoms. The predicted molar refractivity (Wildman–Crippen MR) is 89.9 cm³/mol. The van der Waals surface area contributed by atoms with Crippen molar-refractivity contribution in [1.82, 2.24) is 10.2 Å². The molecule has 128 valence electrons. The number of fused-ring (bicyclic) bond motifs is 1. The molecule has 2 atom stereocenters. The Bertz CT molecular complexity index is 753. The third-order valence-corrected chi connectivity index (χ3v) is 5.21. The highest BCUT2D eigenvalue weighted by atomic mass is 19.1. The zero-order chi connectivity index (χ0) is 16.7. The SMILES string of the molecule is C[C@H]1CN(C(=O)C2CC2)CC[C@H]1NCc1cc2cc(F)ccc2o1. The van der Waals surface area contributed by atoms with E-state index in [1.807, 2.05) is 11.0 Å². The van der Waals surface area contributed by atoms with E-state index in [1.165, 1.54) is 12.1 Å². The van der Waals surface area contributed by atoms with Gasteiger partial charge in [-0.15, -0.1) is 0 Å². The van der Waals surface area contributed by atoms with Gasteiger partial charge in [0.25, 0.3) is 0 Å². The molecule has 1 saturated carbocycles. The number of hydrogen-bond acceptors (Lipinski definition) is 3. The van der Waals surface area contributed by atoms with Crippen molar-refractivity contribution < 1.29 is 13.6 Å². The van der Waals surface area contributed by atoms with E-state index in [1.54, 1.807) is 6.07 Å². The van der Waals surface area contributed by atoms with Crippen molar-refractivity contribution in [2.24, 2.45) is 11.8 Å². The van der Waals surface area contributed by atoms with Crippen LogP contribution in [0.25, 0.3) is 11.0 Å². The fourth-order valence-corrected chi connectivity index (χ4v) is 3.63. The molecule has 0 unspecified atom stereocenters. The monoisotopic (exact) mass is 330 g/mol. The van der Waals surface area contributed by atoms with Gasteiger partial charge in [0.2, 0.25) is 5.91 Å². The van der Waals surface area contributed by atoms with Crippen LogP contribution in [0.4, 0.5) is 4.39 Å². The van der Waals surface area contributed by atoms with E-state index < -0.39 is 0 Å². The number of benzene rings is 1. The average molecular weight is 330 g/mol. The minimum absolute atomic E-state index is 0.246. The molecule has 1 aliphatic heterocycles. The lowest BCUT2D eigenvalue weighted by Crippen LogP contribution is -2.50. The van der Waals surface area contributed by atoms with Crippen LogP contribution in [0.3, 0.4) is 0 Å². The maximum atomic E-state index is 13.2. The van der Waals surface area contributed by atoms with E-state index in [0.29, 0.717) is 35.9 Å². The number of piperidine rings is 1. The number of likely N-dealkylation sites (tertiary alicyclic amines) is 1. The van der Waals surface area contributed by atoms with Crippen LogP contribution in [0.2, 0.25) is 0 Å². The highest BCUT2D eigenvalue weighted by Crippen LogP contribution is 2.32. The minimum atomic E-state index is -0.246. The lowest BCUT2D eigenvalue weighted by molar-refractivity contribution is -0.134. The van der Waals surface area contributed by atoms with Gasteiger partial charge >= 0.3 is 0 Å². The lowest BCUT2D eigenvalue weighted by Gasteiger charge is -2.37. The van der Waals surface area contributed by atoms with Crippen molar-refractivity contribution in [1.29, 1.82) is 0 Å². The molecule has 4 rings (SSSR count). The number of rotatable bonds is 4. The second kappa shape index (κ2) is 6.20. The van der Waals surface area contributed by atoms with Gasteiger partial charge in [-0.25, -0.2) is 4.39 Å². The van der Waals surface area contributed by atoms with E-state index in [0.717, 1.165) is 43.5 Å². The minimum Gasteiger partial charge on any atom is -0.460 e. The summed E-state index contributed by atoms with van der Waals surface area (Å²) in [7, 11) is 0. The first-order valence-electron chi connectivity index (χ1n) is 8.80. The van der Waals surface area contributed by atoms with Gasteiger partial charge < -0.3 is 14.6 Å². The van der Waals surface area contributed by atoms with Gasteiger partial charge in [-0.05, 0) is 49.4 Å². The molecule has 1 aromatic carbocycles. The second-order valence-corrected chi connectivity index (χ2v) is 7.21. The maximum absolute atomic E-state index is 13.2. The summed E-state index contributed by atoms with van der Waals surface area (Å²) < 4.78 is 19.0. The molecule has 1 aliphatic carbocycles. The maximum Gasteiger partial charge on any atom is 0.225 e. The zero-order valence-electron chi connectivity index (χ0n) is 13.9. The van der Waals surface area contributed by atoms with Crippen LogP contribution in [0.1, 0.15) is 31.9 Å². The van der Waals surface area contributed by atoms with Crippen LogP contribution >= 0.6 is 0 Å². The van der Waals surface area contributed by atoms with Crippen molar-refractivity contribution in [2.45, 2.75) is 38.8 Å². The van der Waals surface area contributed by atoms with Crippen LogP contribution in [0.5, 0.6) is 0 Å². The molecule has 5 heteroatoms. The molecule has 1 amide bonds. The molecule has 1 aromatic heterocycles. The summed E-state index contributed by atoms with van der Waals surface area (Å²) in [5, 5.41) is 4.34. The van der Waals surface area contributed by atoms with Gasteiger partial charge in [-0.1, -0.05) is 6.92 Å². The Morgan fingerprint density at radius 1 is 1.33 bits per heavy atom. The van der Waals surface area contributed by atoms with Gasteiger partial charge in [0.15, 0.2) is 0 Å². The first-order chi connectivity index (χ1) is 11.6. The third kappa shape index (κ3) is 3.18. The molecular weight excluding hydrogens is 307 g/mol. The second-order valence-electron chi connectivity index (χ2n) is 7.21. The highest BCUT2D eigenvalue weighted by molar-refractivity contribution is 5.81. The largest absolute Gasteiger partial charge is 0.460 e. The summed E-state index contributed by atoms with van der Waals surface area (Å²) in [6.45, 7) is 4.49. The van der Waals surface area contributed by atoms with Gasteiger partial charge in [0.05, 0.1) is 6.54 Å². The molecule has 2 aromatic rings. The number of amides is 1. The van der Waals surface area contributed by atoms with E-state index in [-0.39, 0.29) is 5.82 Å². The van der Waals surface area contributed by atoms with Crippen LogP contribution in [-0.2, 0) is 11.3 Å². The number of halogens is 1. The molecule has 0 radical (unpaired) electrons. The Hall–Kier alpha value is -1.88. The average Bonchev–Trinajstić information content (AvgIpc) is 3.33. The first-order valence-corrected chi connectivity index (χ1v) is 8.80. The van der Waals surface area contributed by atoms with E-state index in [2.05, 4.69) is 12.2 Å². The Labute approximate surface area is 141 Å². The van der Waals surface area contributed by atoms with Gasteiger partial charge in [-0.3, -0.25) is 4.79 Å². The summed E-state index contributed by atoms with van der Waals surface area (Å²) in [5.41, 5.74) is 0.714. The number of nitrogens with zero attached hydrogens (tertiary/aromatic N) is 1. The molecular formula is C19H23FN2O2. The molecule has 1 saturated heterocycles. The first kappa shape index (κ1) is 15.6. The van der Waals surface area contributed by atoms with Gasteiger partial charge in [-0.2, -0.15) is 0 Å². The third-order valence-electron chi connectivity index (χ3n) is 5.21. The Kier molecular flexibility index (Phi) is 4.04. The zero-order valence-corrected chi connectivity index (χ0v) is 13.9. The standard InChI is InChI=1S/C19H23FN2O2/c1-12-11-22(19(23)13-2-3-13)7-6-17(12)21-10-16-9-14-8-15(20)4-5-18(14)24-16/h4-5,8-9,12-13,17,21H,2-3,6-7,10-11H2,1H3/t12-,17+/m0/s1. The molecule has 2 heterocycles. The number of nitrogens with one attached hydrogen (secondary N) is 1. The predicted octanol–water partition coefficient (Wildman–Crippen LogP) is 3.31. The van der Waals surface area contributed by atoms with Gasteiger partial charge in [0, 0.05) is 30.4 Å². The number of furan rings is 1. The summed E-state index contributed by atoms with van der Waals surface area (Å²) in [4.78, 5) is 14.2. The number of carbonyl (C=O) groups excluding carboxylic acids is 1. The number of carbonyl (C=O) groups is 1. The van der Waals surface area contributed by atoms with E-state index >= 15 is 0 Å². The van der Waals surface area contributed by atoms with Crippen molar-refractivity contribution in [3.63, 3.8) is 0 Å². The molecule has 1 N–H and O–H groups in total. The Morgan fingerprint density at radius 2 is 2.17 bits per heavy atom. The number of hydrogen-bond donors (Lipinski definition) is 1. The fraction of sp³-hybridized carbons (Fsp3) is 0.526. The van der Waals surface area contributed by atoms with E-state index in [4.69, 9.17) is 4.42 Å².